The molecule has 2 fully saturated rings. The van der Waals surface area contributed by atoms with Gasteiger partial charge >= 0.3 is 0 Å². The minimum absolute atomic E-state index is 0.0632. The van der Waals surface area contributed by atoms with Gasteiger partial charge in [-0.1, -0.05) is 6.92 Å². The monoisotopic (exact) mass is 407 g/mol. The van der Waals surface area contributed by atoms with Crippen molar-refractivity contribution in [3.63, 3.8) is 0 Å². The first-order chi connectivity index (χ1) is 13.8. The molecular weight excluding hydrogens is 370 g/mol. The number of ether oxygens (including phenoxy) is 1. The predicted octanol–water partition coefficient (Wildman–Crippen LogP) is 1.78. The average molecular weight is 408 g/mol. The van der Waals surface area contributed by atoms with Gasteiger partial charge in [0.2, 0.25) is 5.91 Å². The molecule has 3 rings (SSSR count). The second-order valence-electron chi connectivity index (χ2n) is 9.16. The Bertz CT molecular complexity index is 681. The van der Waals surface area contributed by atoms with Crippen LogP contribution < -0.4 is 5.32 Å². The Kier molecular flexibility index (Phi) is 7.04. The summed E-state index contributed by atoms with van der Waals surface area (Å²) in [7, 11) is 3.73. The maximum absolute atomic E-state index is 12.3. The normalized spacial score (nSPS) is 27.4. The van der Waals surface area contributed by atoms with Crippen molar-refractivity contribution >= 4 is 5.91 Å². The van der Waals surface area contributed by atoms with Gasteiger partial charge < -0.3 is 24.5 Å². The van der Waals surface area contributed by atoms with E-state index in [-0.39, 0.29) is 5.91 Å². The van der Waals surface area contributed by atoms with Gasteiger partial charge in [0.1, 0.15) is 17.6 Å². The second-order valence-corrected chi connectivity index (χ2v) is 9.16. The summed E-state index contributed by atoms with van der Waals surface area (Å²) >= 11 is 0. The molecule has 7 nitrogen and oxygen atoms in total. The van der Waals surface area contributed by atoms with E-state index in [4.69, 9.17) is 9.15 Å². The number of hydrogen-bond donors (Lipinski definition) is 2. The minimum Gasteiger partial charge on any atom is -0.465 e. The van der Waals surface area contributed by atoms with Crippen LogP contribution in [0.15, 0.2) is 16.5 Å². The number of likely N-dealkylation sites (tertiary alicyclic amines) is 1. The molecule has 1 amide bonds. The zero-order valence-electron chi connectivity index (χ0n) is 18.4. The highest BCUT2D eigenvalue weighted by molar-refractivity contribution is 5.78. The summed E-state index contributed by atoms with van der Waals surface area (Å²) in [5.74, 6) is 1.98. The van der Waals surface area contributed by atoms with Crippen LogP contribution in [0.4, 0.5) is 0 Å². The number of rotatable bonds is 7. The van der Waals surface area contributed by atoms with Crippen LogP contribution in [0.25, 0.3) is 0 Å². The number of hydrogen-bond acceptors (Lipinski definition) is 6. The van der Waals surface area contributed by atoms with Gasteiger partial charge in [-0.15, -0.1) is 0 Å². The summed E-state index contributed by atoms with van der Waals surface area (Å²) in [5.41, 5.74) is -1.25. The number of piperidine rings is 1. The van der Waals surface area contributed by atoms with Crippen molar-refractivity contribution in [2.24, 2.45) is 0 Å². The van der Waals surface area contributed by atoms with Crippen LogP contribution in [0, 0.1) is 0 Å². The fraction of sp³-hybridized carbons (Fsp3) is 0.773. The Balaban J connectivity index is 1.58. The summed E-state index contributed by atoms with van der Waals surface area (Å²) in [6.45, 7) is 7.41. The molecule has 3 heterocycles. The smallest absolute Gasteiger partial charge is 0.234 e. The van der Waals surface area contributed by atoms with Crippen LogP contribution in [-0.2, 0) is 22.5 Å². The number of carbonyl (C=O) groups is 1. The summed E-state index contributed by atoms with van der Waals surface area (Å²) in [5, 5.41) is 14.3. The SMILES string of the molecule is CCCc1ccc(CN2CCC3(CC2)OCC[C@](C)(NC(=O)CN(C)C)[C@H]3O)o1. The lowest BCUT2D eigenvalue weighted by Gasteiger charge is -2.53. The van der Waals surface area contributed by atoms with Crippen LogP contribution in [-0.4, -0.2) is 78.4 Å². The third-order valence-electron chi connectivity index (χ3n) is 6.29. The Morgan fingerprint density at radius 3 is 2.62 bits per heavy atom. The molecule has 2 aliphatic heterocycles. The third-order valence-corrected chi connectivity index (χ3v) is 6.29. The Morgan fingerprint density at radius 1 is 1.28 bits per heavy atom. The topological polar surface area (TPSA) is 78.2 Å². The van der Waals surface area contributed by atoms with Crippen molar-refractivity contribution in [3.8, 4) is 0 Å². The van der Waals surface area contributed by atoms with E-state index in [1.165, 1.54) is 0 Å². The van der Waals surface area contributed by atoms with Crippen LogP contribution in [0.5, 0.6) is 0 Å². The lowest BCUT2D eigenvalue weighted by molar-refractivity contribution is -0.208. The van der Waals surface area contributed by atoms with E-state index < -0.39 is 17.2 Å². The van der Waals surface area contributed by atoms with Gasteiger partial charge in [-0.3, -0.25) is 9.69 Å². The summed E-state index contributed by atoms with van der Waals surface area (Å²) in [4.78, 5) is 16.5. The predicted molar refractivity (Wildman–Crippen MR) is 112 cm³/mol. The van der Waals surface area contributed by atoms with Crippen LogP contribution in [0.3, 0.4) is 0 Å². The first-order valence-corrected chi connectivity index (χ1v) is 10.8. The Morgan fingerprint density at radius 2 is 1.97 bits per heavy atom. The van der Waals surface area contributed by atoms with Gasteiger partial charge in [-0.25, -0.2) is 0 Å². The molecule has 2 atom stereocenters. The molecule has 2 saturated heterocycles. The van der Waals surface area contributed by atoms with Crippen LogP contribution in [0.1, 0.15) is 51.1 Å². The minimum atomic E-state index is -0.725. The highest BCUT2D eigenvalue weighted by Gasteiger charge is 2.53. The van der Waals surface area contributed by atoms with Crippen molar-refractivity contribution in [2.75, 3.05) is 40.3 Å². The molecule has 7 heteroatoms. The second kappa shape index (κ2) is 9.16. The molecule has 1 aromatic rings. The van der Waals surface area contributed by atoms with Crippen molar-refractivity contribution in [1.29, 1.82) is 0 Å². The molecular formula is C22H37N3O4. The van der Waals surface area contributed by atoms with E-state index in [1.807, 2.05) is 25.9 Å². The van der Waals surface area contributed by atoms with Gasteiger partial charge in [0.15, 0.2) is 0 Å². The van der Waals surface area contributed by atoms with Crippen molar-refractivity contribution in [2.45, 2.75) is 69.7 Å². The van der Waals surface area contributed by atoms with E-state index in [9.17, 15) is 9.90 Å². The van der Waals surface area contributed by atoms with E-state index in [0.717, 1.165) is 56.8 Å². The van der Waals surface area contributed by atoms with Crippen molar-refractivity contribution < 1.29 is 19.1 Å². The molecule has 0 unspecified atom stereocenters. The first-order valence-electron chi connectivity index (χ1n) is 10.8. The van der Waals surface area contributed by atoms with Gasteiger partial charge in [-0.2, -0.15) is 0 Å². The number of nitrogens with one attached hydrogen (secondary N) is 1. The molecule has 164 valence electrons. The number of aliphatic hydroxyl groups excluding tert-OH is 1. The highest BCUT2D eigenvalue weighted by atomic mass is 16.5. The Hall–Kier alpha value is -1.41. The zero-order valence-corrected chi connectivity index (χ0v) is 18.4. The van der Waals surface area contributed by atoms with E-state index in [0.29, 0.717) is 19.6 Å². The number of aliphatic hydroxyl groups is 1. The fourth-order valence-corrected chi connectivity index (χ4v) is 4.65. The number of furan rings is 1. The molecule has 0 radical (unpaired) electrons. The van der Waals surface area contributed by atoms with E-state index in [1.54, 1.807) is 0 Å². The van der Waals surface area contributed by atoms with Gasteiger partial charge in [0.05, 0.1) is 24.2 Å². The highest BCUT2D eigenvalue weighted by Crippen LogP contribution is 2.40. The largest absolute Gasteiger partial charge is 0.465 e. The molecule has 1 aromatic heterocycles. The number of amides is 1. The van der Waals surface area contributed by atoms with E-state index in [2.05, 4.69) is 29.3 Å². The zero-order chi connectivity index (χ0) is 21.1. The number of aryl methyl sites for hydroxylation is 1. The molecule has 2 N–H and O–H groups in total. The number of nitrogens with zero attached hydrogens (tertiary/aromatic N) is 2. The van der Waals surface area contributed by atoms with Gasteiger partial charge in [-0.05, 0) is 58.8 Å². The van der Waals surface area contributed by atoms with E-state index >= 15 is 0 Å². The summed E-state index contributed by atoms with van der Waals surface area (Å²) < 4.78 is 12.1. The first kappa shape index (κ1) is 22.3. The third kappa shape index (κ3) is 5.20. The average Bonchev–Trinajstić information content (AvgIpc) is 3.08. The van der Waals surface area contributed by atoms with Gasteiger partial charge in [0, 0.05) is 26.1 Å². The summed E-state index contributed by atoms with van der Waals surface area (Å²) in [6.07, 6.45) is 3.44. The fourth-order valence-electron chi connectivity index (χ4n) is 4.65. The quantitative estimate of drug-likeness (QED) is 0.718. The van der Waals surface area contributed by atoms with Crippen molar-refractivity contribution in [1.82, 2.24) is 15.1 Å². The van der Waals surface area contributed by atoms with Crippen LogP contribution >= 0.6 is 0 Å². The lowest BCUT2D eigenvalue weighted by atomic mass is 9.73. The summed E-state index contributed by atoms with van der Waals surface area (Å²) in [6, 6.07) is 4.14. The molecule has 0 aromatic carbocycles. The standard InChI is InChI=1S/C22H37N3O4/c1-5-6-17-7-8-18(29-17)15-25-12-9-22(10-13-25)20(27)21(2,11-14-28-22)23-19(26)16-24(3)4/h7-8,20,27H,5-6,9-16H2,1-4H3,(H,23,26)/t20-,21+/m1/s1. The molecule has 29 heavy (non-hydrogen) atoms. The Labute approximate surface area is 174 Å². The lowest BCUT2D eigenvalue weighted by Crippen LogP contribution is -2.69. The van der Waals surface area contributed by atoms with Crippen LogP contribution in [0.2, 0.25) is 0 Å². The maximum Gasteiger partial charge on any atom is 0.234 e. The van der Waals surface area contributed by atoms with Crippen molar-refractivity contribution in [3.05, 3.63) is 23.7 Å². The molecule has 2 aliphatic rings. The molecule has 0 aliphatic carbocycles. The number of carbonyl (C=O) groups excluding carboxylic acids is 1. The maximum atomic E-state index is 12.3. The number of likely N-dealkylation sites (N-methyl/N-ethyl adjacent to an activating group) is 1. The van der Waals surface area contributed by atoms with Gasteiger partial charge in [0.25, 0.3) is 0 Å². The molecule has 0 bridgehead atoms. The molecule has 0 saturated carbocycles. The molecule has 1 spiro atoms.